The molecule has 0 bridgehead atoms. The van der Waals surface area contributed by atoms with E-state index in [-0.39, 0.29) is 5.76 Å². The van der Waals surface area contributed by atoms with E-state index >= 15 is 0 Å². The molecule has 2 aromatic heterocycles. The molecule has 2 N–H and O–H groups in total. The number of hydrogen-bond donors (Lipinski definition) is 2. The average Bonchev–Trinajstić information content (AvgIpc) is 2.93. The Balaban J connectivity index is 1.73. The molecule has 0 fully saturated rings. The van der Waals surface area contributed by atoms with E-state index in [0.717, 1.165) is 5.82 Å². The summed E-state index contributed by atoms with van der Waals surface area (Å²) in [5, 5.41) is 16.0. The van der Waals surface area contributed by atoms with Crippen molar-refractivity contribution in [2.45, 2.75) is 13.0 Å². The van der Waals surface area contributed by atoms with Crippen LogP contribution in [0.5, 0.6) is 0 Å². The van der Waals surface area contributed by atoms with Crippen LogP contribution in [0.1, 0.15) is 22.1 Å². The molecule has 0 saturated heterocycles. The molecule has 0 radical (unpaired) electrons. The number of rotatable bonds is 6. The summed E-state index contributed by atoms with van der Waals surface area (Å²) in [5.74, 6) is 0.272. The van der Waals surface area contributed by atoms with Crippen LogP contribution in [0.4, 0.5) is 0 Å². The highest BCUT2D eigenvalue weighted by Crippen LogP contribution is 2.07. The molecule has 2 heterocycles. The molecule has 0 saturated carbocycles. The Hall–Kier alpha value is -2.15. The highest BCUT2D eigenvalue weighted by atomic mass is 16.4. The van der Waals surface area contributed by atoms with E-state index in [1.165, 1.54) is 6.07 Å². The molecular formula is C11H14N4O3. The van der Waals surface area contributed by atoms with Crippen molar-refractivity contribution in [3.8, 4) is 0 Å². The van der Waals surface area contributed by atoms with E-state index in [2.05, 4.69) is 15.4 Å². The van der Waals surface area contributed by atoms with Gasteiger partial charge in [0.1, 0.15) is 12.1 Å². The Morgan fingerprint density at radius 3 is 3.00 bits per heavy atom. The second kappa shape index (κ2) is 5.46. The van der Waals surface area contributed by atoms with Crippen LogP contribution >= 0.6 is 0 Å². The number of carboxylic acids is 1. The van der Waals surface area contributed by atoms with Gasteiger partial charge in [-0.1, -0.05) is 0 Å². The first-order valence-electron chi connectivity index (χ1n) is 5.52. The van der Waals surface area contributed by atoms with Crippen LogP contribution in [0.3, 0.4) is 0 Å². The molecule has 2 rings (SSSR count). The normalized spacial score (nSPS) is 10.7. The van der Waals surface area contributed by atoms with Gasteiger partial charge in [0, 0.05) is 20.0 Å². The maximum Gasteiger partial charge on any atom is 0.371 e. The lowest BCUT2D eigenvalue weighted by atomic mass is 10.4. The molecule has 7 nitrogen and oxygen atoms in total. The number of carbonyl (C=O) groups is 1. The minimum Gasteiger partial charge on any atom is -0.475 e. The van der Waals surface area contributed by atoms with Gasteiger partial charge in [0.25, 0.3) is 0 Å². The fraction of sp³-hybridized carbons (Fsp3) is 0.364. The summed E-state index contributed by atoms with van der Waals surface area (Å²) in [4.78, 5) is 14.7. The molecule has 7 heteroatoms. The summed E-state index contributed by atoms with van der Waals surface area (Å²) >= 11 is 0. The number of aromatic carboxylic acids is 1. The van der Waals surface area contributed by atoms with Gasteiger partial charge in [-0.05, 0) is 12.1 Å². The predicted octanol–water partition coefficient (Wildman–Crippen LogP) is 0.439. The van der Waals surface area contributed by atoms with E-state index in [1.54, 1.807) is 17.1 Å². The fourth-order valence-corrected chi connectivity index (χ4v) is 1.50. The molecule has 0 aliphatic heterocycles. The minimum absolute atomic E-state index is 0.0433. The lowest BCUT2D eigenvalue weighted by Gasteiger charge is -1.99. The highest BCUT2D eigenvalue weighted by Gasteiger charge is 2.08. The van der Waals surface area contributed by atoms with Crippen LogP contribution in [0.15, 0.2) is 22.9 Å². The van der Waals surface area contributed by atoms with Crippen molar-refractivity contribution >= 4 is 5.97 Å². The van der Waals surface area contributed by atoms with E-state index < -0.39 is 5.97 Å². The molecule has 18 heavy (non-hydrogen) atoms. The van der Waals surface area contributed by atoms with Crippen LogP contribution in [0, 0.1) is 0 Å². The first-order chi connectivity index (χ1) is 8.65. The third-order valence-electron chi connectivity index (χ3n) is 2.34. The topological polar surface area (TPSA) is 93.2 Å². The molecule has 0 aromatic carbocycles. The number of aromatic nitrogens is 3. The number of nitrogens with zero attached hydrogens (tertiary/aromatic N) is 3. The number of aryl methyl sites for hydroxylation is 1. The second-order valence-corrected chi connectivity index (χ2v) is 3.83. The maximum absolute atomic E-state index is 10.6. The summed E-state index contributed by atoms with van der Waals surface area (Å²) in [6.07, 6.45) is 2.37. The van der Waals surface area contributed by atoms with Crippen LogP contribution in [0.2, 0.25) is 0 Å². The van der Waals surface area contributed by atoms with Crippen LogP contribution < -0.4 is 5.32 Å². The van der Waals surface area contributed by atoms with E-state index in [1.807, 2.05) is 7.05 Å². The van der Waals surface area contributed by atoms with Crippen molar-refractivity contribution in [1.82, 2.24) is 20.1 Å². The summed E-state index contributed by atoms with van der Waals surface area (Å²) in [6, 6.07) is 3.09. The van der Waals surface area contributed by atoms with E-state index in [4.69, 9.17) is 9.52 Å². The smallest absolute Gasteiger partial charge is 0.371 e. The summed E-state index contributed by atoms with van der Waals surface area (Å²) in [6.45, 7) is 1.19. The molecule has 96 valence electrons. The Morgan fingerprint density at radius 1 is 1.56 bits per heavy atom. The van der Waals surface area contributed by atoms with Gasteiger partial charge in [0.15, 0.2) is 5.82 Å². The lowest BCUT2D eigenvalue weighted by molar-refractivity contribution is 0.0660. The van der Waals surface area contributed by atoms with Crippen molar-refractivity contribution in [3.63, 3.8) is 0 Å². The Labute approximate surface area is 103 Å². The summed E-state index contributed by atoms with van der Waals surface area (Å²) in [5.41, 5.74) is 0. The average molecular weight is 250 g/mol. The third-order valence-corrected chi connectivity index (χ3v) is 2.34. The minimum atomic E-state index is -1.06. The molecular weight excluding hydrogens is 236 g/mol. The van der Waals surface area contributed by atoms with Crippen molar-refractivity contribution in [3.05, 3.63) is 35.8 Å². The van der Waals surface area contributed by atoms with Gasteiger partial charge in [0.05, 0.1) is 6.54 Å². The highest BCUT2D eigenvalue weighted by molar-refractivity contribution is 5.84. The fourth-order valence-electron chi connectivity index (χ4n) is 1.50. The number of carboxylic acid groups (broad SMARTS) is 1. The van der Waals surface area contributed by atoms with Gasteiger partial charge in [-0.3, -0.25) is 4.68 Å². The van der Waals surface area contributed by atoms with Gasteiger partial charge in [0.2, 0.25) is 5.76 Å². The van der Waals surface area contributed by atoms with Crippen molar-refractivity contribution in [1.29, 1.82) is 0 Å². The van der Waals surface area contributed by atoms with Gasteiger partial charge >= 0.3 is 5.97 Å². The molecule has 0 aliphatic rings. The number of furan rings is 1. The maximum atomic E-state index is 10.6. The standard InChI is InChI=1S/C11H14N4O3/c1-15-7-13-10(14-15)4-5-12-6-8-2-3-9(18-8)11(16)17/h2-3,7,12H,4-6H2,1H3,(H,16,17). The molecule has 0 unspecified atom stereocenters. The first kappa shape index (κ1) is 12.3. The van der Waals surface area contributed by atoms with Crippen molar-refractivity contribution in [2.24, 2.45) is 7.05 Å². The Morgan fingerprint density at radius 2 is 2.39 bits per heavy atom. The molecule has 0 aliphatic carbocycles. The first-order valence-corrected chi connectivity index (χ1v) is 5.52. The lowest BCUT2D eigenvalue weighted by Crippen LogP contribution is -2.17. The van der Waals surface area contributed by atoms with Gasteiger partial charge in [-0.2, -0.15) is 5.10 Å². The molecule has 0 spiro atoms. The van der Waals surface area contributed by atoms with Gasteiger partial charge in [-0.25, -0.2) is 9.78 Å². The summed E-state index contributed by atoms with van der Waals surface area (Å²) in [7, 11) is 1.82. The van der Waals surface area contributed by atoms with Crippen LogP contribution in [-0.2, 0) is 20.0 Å². The third kappa shape index (κ3) is 3.17. The van der Waals surface area contributed by atoms with Crippen molar-refractivity contribution < 1.29 is 14.3 Å². The zero-order valence-electron chi connectivity index (χ0n) is 9.96. The van der Waals surface area contributed by atoms with Crippen molar-refractivity contribution in [2.75, 3.05) is 6.54 Å². The predicted molar refractivity (Wildman–Crippen MR) is 62.1 cm³/mol. The monoisotopic (exact) mass is 250 g/mol. The van der Waals surface area contributed by atoms with E-state index in [9.17, 15) is 4.79 Å². The van der Waals surface area contributed by atoms with E-state index in [0.29, 0.717) is 25.3 Å². The second-order valence-electron chi connectivity index (χ2n) is 3.83. The zero-order chi connectivity index (χ0) is 13.0. The molecule has 0 amide bonds. The quantitative estimate of drug-likeness (QED) is 0.722. The van der Waals surface area contributed by atoms with Crippen LogP contribution in [-0.4, -0.2) is 32.4 Å². The SMILES string of the molecule is Cn1cnc(CCNCc2ccc(C(=O)O)o2)n1. The zero-order valence-corrected chi connectivity index (χ0v) is 9.96. The molecule has 2 aromatic rings. The Kier molecular flexibility index (Phi) is 3.73. The number of hydrogen-bond acceptors (Lipinski definition) is 5. The van der Waals surface area contributed by atoms with Gasteiger partial charge in [-0.15, -0.1) is 0 Å². The Bertz CT molecular complexity index is 532. The summed E-state index contributed by atoms with van der Waals surface area (Å²) < 4.78 is 6.76. The largest absolute Gasteiger partial charge is 0.475 e. The van der Waals surface area contributed by atoms with Gasteiger partial charge < -0.3 is 14.8 Å². The molecule has 0 atom stereocenters. The van der Waals surface area contributed by atoms with Crippen LogP contribution in [0.25, 0.3) is 0 Å². The number of nitrogens with one attached hydrogen (secondary N) is 1.